The average Bonchev–Trinajstić information content (AvgIpc) is 2.82. The molecule has 2 amide bonds. The highest BCUT2D eigenvalue weighted by atomic mass is 32.2. The predicted molar refractivity (Wildman–Crippen MR) is 84.3 cm³/mol. The van der Waals surface area contributed by atoms with Gasteiger partial charge in [0.1, 0.15) is 0 Å². The molecule has 1 fully saturated rings. The van der Waals surface area contributed by atoms with E-state index in [0.717, 1.165) is 11.1 Å². The number of rotatable bonds is 5. The smallest absolute Gasteiger partial charge is 0.314 e. The van der Waals surface area contributed by atoms with Gasteiger partial charge in [0.15, 0.2) is 9.84 Å². The van der Waals surface area contributed by atoms with Crippen LogP contribution in [0.1, 0.15) is 23.7 Å². The Bertz CT molecular complexity index is 613. The van der Waals surface area contributed by atoms with E-state index in [0.29, 0.717) is 13.0 Å². The Hall–Kier alpha value is -1.60. The number of hydrogen-bond acceptors (Lipinski definition) is 4. The number of amides is 2. The third kappa shape index (κ3) is 4.99. The van der Waals surface area contributed by atoms with Gasteiger partial charge in [0.2, 0.25) is 0 Å². The molecule has 2 atom stereocenters. The summed E-state index contributed by atoms with van der Waals surface area (Å²) >= 11 is 0. The fourth-order valence-electron chi connectivity index (χ4n) is 2.43. The second-order valence-electron chi connectivity index (χ2n) is 5.79. The van der Waals surface area contributed by atoms with Gasteiger partial charge in [0.25, 0.3) is 0 Å². The number of aliphatic hydroxyl groups is 1. The van der Waals surface area contributed by atoms with Crippen molar-refractivity contribution in [2.24, 2.45) is 5.92 Å². The van der Waals surface area contributed by atoms with Gasteiger partial charge in [-0.3, -0.25) is 0 Å². The Balaban J connectivity index is 1.70. The van der Waals surface area contributed by atoms with Crippen LogP contribution in [0.4, 0.5) is 4.79 Å². The number of benzene rings is 1. The Labute approximate surface area is 130 Å². The van der Waals surface area contributed by atoms with Gasteiger partial charge in [-0.1, -0.05) is 29.8 Å². The lowest BCUT2D eigenvalue weighted by Gasteiger charge is -2.14. The van der Waals surface area contributed by atoms with Crippen molar-refractivity contribution in [2.75, 3.05) is 24.6 Å². The molecule has 1 saturated heterocycles. The number of carbonyl (C=O) groups excluding carboxylic acids is 1. The van der Waals surface area contributed by atoms with E-state index in [1.54, 1.807) is 0 Å². The number of carbonyl (C=O) groups is 1. The van der Waals surface area contributed by atoms with Gasteiger partial charge in [0, 0.05) is 13.1 Å². The van der Waals surface area contributed by atoms with Crippen LogP contribution < -0.4 is 10.6 Å². The molecule has 6 nitrogen and oxygen atoms in total. The number of nitrogens with one attached hydrogen (secondary N) is 2. The third-order valence-electron chi connectivity index (χ3n) is 3.80. The van der Waals surface area contributed by atoms with Crippen LogP contribution in [0.25, 0.3) is 0 Å². The Kier molecular flexibility index (Phi) is 5.42. The lowest BCUT2D eigenvalue weighted by molar-refractivity contribution is 0.173. The zero-order valence-corrected chi connectivity index (χ0v) is 13.4. The number of aryl methyl sites for hydroxylation is 1. The fraction of sp³-hybridized carbons (Fsp3) is 0.533. The summed E-state index contributed by atoms with van der Waals surface area (Å²) in [6.07, 6.45) is -0.174. The Morgan fingerprint density at radius 3 is 2.59 bits per heavy atom. The van der Waals surface area contributed by atoms with E-state index in [-0.39, 0.29) is 24.0 Å². The van der Waals surface area contributed by atoms with Crippen molar-refractivity contribution < 1.29 is 18.3 Å². The highest BCUT2D eigenvalue weighted by Gasteiger charge is 2.27. The molecule has 1 aromatic carbocycles. The summed E-state index contributed by atoms with van der Waals surface area (Å²) in [6.45, 7) is 2.41. The molecule has 0 spiro atoms. The molecule has 1 heterocycles. The summed E-state index contributed by atoms with van der Waals surface area (Å²) in [5.41, 5.74) is 1.85. The third-order valence-corrected chi connectivity index (χ3v) is 5.63. The van der Waals surface area contributed by atoms with Crippen LogP contribution in [-0.4, -0.2) is 44.2 Å². The first kappa shape index (κ1) is 16.8. The monoisotopic (exact) mass is 326 g/mol. The van der Waals surface area contributed by atoms with E-state index in [1.807, 2.05) is 31.2 Å². The Morgan fingerprint density at radius 2 is 2.00 bits per heavy atom. The van der Waals surface area contributed by atoms with Crippen LogP contribution in [0, 0.1) is 12.8 Å². The van der Waals surface area contributed by atoms with Crippen molar-refractivity contribution in [1.29, 1.82) is 0 Å². The van der Waals surface area contributed by atoms with Crippen molar-refractivity contribution in [2.45, 2.75) is 19.4 Å². The molecule has 7 heteroatoms. The lowest BCUT2D eigenvalue weighted by Crippen LogP contribution is -2.40. The zero-order chi connectivity index (χ0) is 16.2. The molecule has 0 unspecified atom stereocenters. The molecule has 0 radical (unpaired) electrons. The maximum atomic E-state index is 11.7. The van der Waals surface area contributed by atoms with Crippen molar-refractivity contribution in [1.82, 2.24) is 10.6 Å². The van der Waals surface area contributed by atoms with Crippen molar-refractivity contribution >= 4 is 15.9 Å². The lowest BCUT2D eigenvalue weighted by atomic mass is 10.1. The quantitative estimate of drug-likeness (QED) is 0.744. The SMILES string of the molecule is Cc1ccc([C@H](O)CNC(=O)NC[C@H]2CCS(=O)(=O)C2)cc1. The fourth-order valence-corrected chi connectivity index (χ4v) is 4.29. The van der Waals surface area contributed by atoms with Gasteiger partial charge in [-0.05, 0) is 24.8 Å². The Morgan fingerprint density at radius 1 is 1.32 bits per heavy atom. The molecule has 2 rings (SSSR count). The minimum Gasteiger partial charge on any atom is -0.387 e. The minimum absolute atomic E-state index is 0.0160. The molecular formula is C15H22N2O4S. The van der Waals surface area contributed by atoms with Gasteiger partial charge >= 0.3 is 6.03 Å². The highest BCUT2D eigenvalue weighted by molar-refractivity contribution is 7.91. The summed E-state index contributed by atoms with van der Waals surface area (Å²) in [4.78, 5) is 11.7. The molecule has 0 bridgehead atoms. The first-order valence-electron chi connectivity index (χ1n) is 7.32. The normalized spacial score (nSPS) is 21.3. The molecule has 22 heavy (non-hydrogen) atoms. The summed E-state index contributed by atoms with van der Waals surface area (Å²) in [7, 11) is -2.92. The van der Waals surface area contributed by atoms with Gasteiger partial charge in [0.05, 0.1) is 17.6 Å². The van der Waals surface area contributed by atoms with Gasteiger partial charge in [-0.2, -0.15) is 0 Å². The molecule has 1 aliphatic rings. The zero-order valence-electron chi connectivity index (χ0n) is 12.6. The maximum absolute atomic E-state index is 11.7. The average molecular weight is 326 g/mol. The van der Waals surface area contributed by atoms with E-state index in [4.69, 9.17) is 0 Å². The van der Waals surface area contributed by atoms with Gasteiger partial charge in [-0.25, -0.2) is 13.2 Å². The second kappa shape index (κ2) is 7.11. The largest absolute Gasteiger partial charge is 0.387 e. The standard InChI is InChI=1S/C15H22N2O4S/c1-11-2-4-13(5-3-11)14(18)9-17-15(19)16-8-12-6-7-22(20,21)10-12/h2-5,12,14,18H,6-10H2,1H3,(H2,16,17,19)/t12-,14-/m1/s1. The summed E-state index contributed by atoms with van der Waals surface area (Å²) in [5, 5.41) is 15.2. The van der Waals surface area contributed by atoms with Crippen LogP contribution in [0.5, 0.6) is 0 Å². The summed E-state index contributed by atoms with van der Waals surface area (Å²) < 4.78 is 22.6. The van der Waals surface area contributed by atoms with E-state index >= 15 is 0 Å². The molecule has 3 N–H and O–H groups in total. The van der Waals surface area contributed by atoms with Gasteiger partial charge in [-0.15, -0.1) is 0 Å². The van der Waals surface area contributed by atoms with Crippen LogP contribution in [-0.2, 0) is 9.84 Å². The molecule has 1 aliphatic heterocycles. The second-order valence-corrected chi connectivity index (χ2v) is 8.02. The first-order valence-corrected chi connectivity index (χ1v) is 9.14. The van der Waals surface area contributed by atoms with Crippen LogP contribution in [0.2, 0.25) is 0 Å². The molecule has 0 aromatic heterocycles. The topological polar surface area (TPSA) is 95.5 Å². The molecule has 0 saturated carbocycles. The van der Waals surface area contributed by atoms with Crippen LogP contribution in [0.15, 0.2) is 24.3 Å². The summed E-state index contributed by atoms with van der Waals surface area (Å²) in [5.74, 6) is 0.324. The molecule has 122 valence electrons. The van der Waals surface area contributed by atoms with E-state index in [9.17, 15) is 18.3 Å². The molecule has 1 aromatic rings. The molecular weight excluding hydrogens is 304 g/mol. The predicted octanol–water partition coefficient (Wildman–Crippen LogP) is 0.762. The number of aliphatic hydroxyl groups excluding tert-OH is 1. The number of sulfone groups is 1. The van der Waals surface area contributed by atoms with Crippen LogP contribution in [0.3, 0.4) is 0 Å². The van der Waals surface area contributed by atoms with Crippen molar-refractivity contribution in [3.05, 3.63) is 35.4 Å². The maximum Gasteiger partial charge on any atom is 0.314 e. The van der Waals surface area contributed by atoms with E-state index in [2.05, 4.69) is 10.6 Å². The highest BCUT2D eigenvalue weighted by Crippen LogP contribution is 2.17. The first-order chi connectivity index (χ1) is 10.4. The number of urea groups is 1. The minimum atomic E-state index is -2.92. The van der Waals surface area contributed by atoms with E-state index in [1.165, 1.54) is 0 Å². The number of hydrogen-bond donors (Lipinski definition) is 3. The molecule has 0 aliphatic carbocycles. The van der Waals surface area contributed by atoms with Crippen molar-refractivity contribution in [3.63, 3.8) is 0 Å². The van der Waals surface area contributed by atoms with Crippen LogP contribution >= 0.6 is 0 Å². The van der Waals surface area contributed by atoms with Gasteiger partial charge < -0.3 is 15.7 Å². The summed E-state index contributed by atoms with van der Waals surface area (Å²) in [6, 6.07) is 7.06. The van der Waals surface area contributed by atoms with E-state index < -0.39 is 22.0 Å². The van der Waals surface area contributed by atoms with Crippen molar-refractivity contribution in [3.8, 4) is 0 Å².